The summed E-state index contributed by atoms with van der Waals surface area (Å²) in [4.78, 5) is 0. The molecule has 0 radical (unpaired) electrons. The average molecular weight is 417 g/mol. The summed E-state index contributed by atoms with van der Waals surface area (Å²) in [7, 11) is 0. The van der Waals surface area contributed by atoms with Gasteiger partial charge in [-0.1, -0.05) is 111 Å². The van der Waals surface area contributed by atoms with Crippen LogP contribution in [0.4, 0.5) is 0 Å². The molecule has 0 aromatic heterocycles. The highest BCUT2D eigenvalue weighted by molar-refractivity contribution is 5.80. The molecule has 0 fully saturated rings. The van der Waals surface area contributed by atoms with Crippen LogP contribution in [0.2, 0.25) is 0 Å². The smallest absolute Gasteiger partial charge is 0.0190 e. The lowest BCUT2D eigenvalue weighted by Gasteiger charge is -2.38. The van der Waals surface area contributed by atoms with Crippen molar-refractivity contribution in [2.75, 3.05) is 0 Å². The molecule has 0 nitrogen and oxygen atoms in total. The normalized spacial score (nSPS) is 16.8. The molecule has 0 saturated carbocycles. The van der Waals surface area contributed by atoms with E-state index in [-0.39, 0.29) is 5.41 Å². The van der Waals surface area contributed by atoms with Crippen LogP contribution in [0.3, 0.4) is 0 Å². The Kier molecular flexibility index (Phi) is 5.52. The molecular formula is C32H32. The van der Waals surface area contributed by atoms with Gasteiger partial charge in [-0.05, 0) is 51.6 Å². The summed E-state index contributed by atoms with van der Waals surface area (Å²) in [6.45, 7) is 4.94. The first-order valence-electron chi connectivity index (χ1n) is 12.1. The van der Waals surface area contributed by atoms with Crippen LogP contribution in [-0.2, 0) is 0 Å². The number of hydrogen-bond acceptors (Lipinski definition) is 0. The molecule has 0 spiro atoms. The fraction of sp³-hybridized carbons (Fsp3) is 0.312. The van der Waals surface area contributed by atoms with Gasteiger partial charge < -0.3 is 0 Å². The predicted molar refractivity (Wildman–Crippen MR) is 137 cm³/mol. The van der Waals surface area contributed by atoms with Gasteiger partial charge in [0.1, 0.15) is 0 Å². The fourth-order valence-corrected chi connectivity index (χ4v) is 6.19. The summed E-state index contributed by atoms with van der Waals surface area (Å²) in [5.74, 6) is 3.66. The van der Waals surface area contributed by atoms with Crippen molar-refractivity contribution in [3.8, 4) is 23.5 Å². The van der Waals surface area contributed by atoms with Gasteiger partial charge in [-0.15, -0.1) is 12.3 Å². The lowest BCUT2D eigenvalue weighted by atomic mass is 9.65. The standard InChI is InChI=1S/C32H32/c1-4-5-6-7-8-19-27-24-16-10-9-15-23(24)22-30(27)32(2,3)31-28-20-13-11-17-25(28)26-18-12-14-21-29(26)31/h1,9-18,20-22,27,31H,5-8,19H2,2-3H3. The molecule has 0 bridgehead atoms. The number of terminal acetylenes is 1. The highest BCUT2D eigenvalue weighted by Gasteiger charge is 2.44. The molecule has 5 rings (SSSR count). The molecule has 1 atom stereocenters. The lowest BCUT2D eigenvalue weighted by molar-refractivity contribution is 0.367. The number of fused-ring (bicyclic) bond motifs is 4. The Morgan fingerprint density at radius 3 is 2.00 bits per heavy atom. The van der Waals surface area contributed by atoms with Gasteiger partial charge >= 0.3 is 0 Å². The quantitative estimate of drug-likeness (QED) is 0.267. The monoisotopic (exact) mass is 416 g/mol. The van der Waals surface area contributed by atoms with Crippen molar-refractivity contribution in [3.05, 3.63) is 101 Å². The maximum absolute atomic E-state index is 5.46. The zero-order chi connectivity index (χ0) is 22.1. The molecule has 32 heavy (non-hydrogen) atoms. The number of benzene rings is 3. The van der Waals surface area contributed by atoms with Crippen molar-refractivity contribution in [1.82, 2.24) is 0 Å². The van der Waals surface area contributed by atoms with Gasteiger partial charge in [0.2, 0.25) is 0 Å². The SMILES string of the molecule is C#CCCCCCC1C(C(C)(C)C2c3ccccc3-c3ccccc32)=Cc2ccccc21. The minimum Gasteiger partial charge on any atom is -0.120 e. The first kappa shape index (κ1) is 20.8. The Morgan fingerprint density at radius 1 is 0.750 bits per heavy atom. The number of rotatable bonds is 7. The molecule has 3 aromatic carbocycles. The second-order valence-corrected chi connectivity index (χ2v) is 9.91. The zero-order valence-corrected chi connectivity index (χ0v) is 19.3. The number of unbranched alkanes of at least 4 members (excludes halogenated alkanes) is 3. The van der Waals surface area contributed by atoms with Crippen molar-refractivity contribution >= 4 is 6.08 Å². The van der Waals surface area contributed by atoms with E-state index in [0.29, 0.717) is 11.8 Å². The maximum Gasteiger partial charge on any atom is 0.0190 e. The van der Waals surface area contributed by atoms with Gasteiger partial charge in [-0.3, -0.25) is 0 Å². The molecule has 2 aliphatic rings. The van der Waals surface area contributed by atoms with Crippen LogP contribution < -0.4 is 0 Å². The van der Waals surface area contributed by atoms with Crippen molar-refractivity contribution in [2.24, 2.45) is 5.41 Å². The summed E-state index contributed by atoms with van der Waals surface area (Å²) < 4.78 is 0. The van der Waals surface area contributed by atoms with Gasteiger partial charge in [0.15, 0.2) is 0 Å². The molecule has 160 valence electrons. The molecule has 0 saturated heterocycles. The minimum absolute atomic E-state index is 0.0191. The van der Waals surface area contributed by atoms with E-state index in [0.717, 1.165) is 12.8 Å². The molecule has 0 heteroatoms. The van der Waals surface area contributed by atoms with Crippen LogP contribution in [0.15, 0.2) is 78.4 Å². The van der Waals surface area contributed by atoms with Crippen LogP contribution in [0.5, 0.6) is 0 Å². The van der Waals surface area contributed by atoms with E-state index < -0.39 is 0 Å². The summed E-state index contributed by atoms with van der Waals surface area (Å²) >= 11 is 0. The van der Waals surface area contributed by atoms with Crippen LogP contribution in [0, 0.1) is 17.8 Å². The van der Waals surface area contributed by atoms with E-state index in [4.69, 9.17) is 6.42 Å². The van der Waals surface area contributed by atoms with Crippen molar-refractivity contribution in [2.45, 2.75) is 57.8 Å². The third kappa shape index (κ3) is 3.41. The Labute approximate surface area is 193 Å². The van der Waals surface area contributed by atoms with E-state index in [9.17, 15) is 0 Å². The molecular weight excluding hydrogens is 384 g/mol. The van der Waals surface area contributed by atoms with Crippen LogP contribution in [-0.4, -0.2) is 0 Å². The second kappa shape index (κ2) is 8.48. The highest BCUT2D eigenvalue weighted by atomic mass is 14.5. The topological polar surface area (TPSA) is 0 Å². The Bertz CT molecular complexity index is 1150. The van der Waals surface area contributed by atoms with Gasteiger partial charge in [0.05, 0.1) is 0 Å². The molecule has 2 aliphatic carbocycles. The Hall–Kier alpha value is -3.04. The zero-order valence-electron chi connectivity index (χ0n) is 19.3. The average Bonchev–Trinajstić information content (AvgIpc) is 3.36. The minimum atomic E-state index is 0.0191. The van der Waals surface area contributed by atoms with Crippen LogP contribution in [0.1, 0.15) is 80.0 Å². The largest absolute Gasteiger partial charge is 0.120 e. The summed E-state index contributed by atoms with van der Waals surface area (Å²) in [5, 5.41) is 0. The van der Waals surface area contributed by atoms with Crippen molar-refractivity contribution in [1.29, 1.82) is 0 Å². The maximum atomic E-state index is 5.46. The van der Waals surface area contributed by atoms with Crippen LogP contribution in [0.25, 0.3) is 17.2 Å². The third-order valence-corrected chi connectivity index (χ3v) is 7.67. The Morgan fingerprint density at radius 2 is 1.34 bits per heavy atom. The van der Waals surface area contributed by atoms with Crippen molar-refractivity contribution in [3.63, 3.8) is 0 Å². The highest BCUT2D eigenvalue weighted by Crippen LogP contribution is 2.59. The van der Waals surface area contributed by atoms with Gasteiger partial charge in [0.25, 0.3) is 0 Å². The summed E-state index contributed by atoms with van der Waals surface area (Å²) in [6, 6.07) is 27.1. The fourth-order valence-electron chi connectivity index (χ4n) is 6.19. The Balaban J connectivity index is 1.53. The second-order valence-electron chi connectivity index (χ2n) is 9.91. The van der Waals surface area contributed by atoms with E-state index in [1.807, 2.05) is 0 Å². The molecule has 3 aromatic rings. The first-order chi connectivity index (χ1) is 15.6. The predicted octanol–water partition coefficient (Wildman–Crippen LogP) is 8.59. The first-order valence-corrected chi connectivity index (χ1v) is 12.1. The summed E-state index contributed by atoms with van der Waals surface area (Å²) in [5.41, 5.74) is 10.3. The van der Waals surface area contributed by atoms with E-state index in [1.165, 1.54) is 52.6 Å². The van der Waals surface area contributed by atoms with E-state index in [2.05, 4.69) is 98.6 Å². The third-order valence-electron chi connectivity index (χ3n) is 7.67. The summed E-state index contributed by atoms with van der Waals surface area (Å²) in [6.07, 6.45) is 13.6. The molecule has 0 N–H and O–H groups in total. The van der Waals surface area contributed by atoms with Crippen LogP contribution >= 0.6 is 0 Å². The number of hydrogen-bond donors (Lipinski definition) is 0. The van der Waals surface area contributed by atoms with E-state index >= 15 is 0 Å². The van der Waals surface area contributed by atoms with E-state index in [1.54, 1.807) is 5.57 Å². The molecule has 0 aliphatic heterocycles. The van der Waals surface area contributed by atoms with Gasteiger partial charge in [-0.25, -0.2) is 0 Å². The van der Waals surface area contributed by atoms with Gasteiger partial charge in [0, 0.05) is 18.3 Å². The molecule has 1 unspecified atom stereocenters. The van der Waals surface area contributed by atoms with Crippen molar-refractivity contribution < 1.29 is 0 Å². The molecule has 0 amide bonds. The number of allylic oxidation sites excluding steroid dienone is 1. The molecule has 0 heterocycles. The van der Waals surface area contributed by atoms with Gasteiger partial charge in [-0.2, -0.15) is 0 Å². The lowest BCUT2D eigenvalue weighted by Crippen LogP contribution is -2.26.